The van der Waals surface area contributed by atoms with E-state index < -0.39 is 17.7 Å². The average Bonchev–Trinajstić information content (AvgIpc) is 2.93. The van der Waals surface area contributed by atoms with Gasteiger partial charge in [-0.15, -0.1) is 11.8 Å². The Kier molecular flexibility index (Phi) is 9.32. The van der Waals surface area contributed by atoms with Crippen molar-refractivity contribution in [2.24, 2.45) is 0 Å². The minimum absolute atomic E-state index is 0.0400. The predicted octanol–water partition coefficient (Wildman–Crippen LogP) is 6.38. The number of carbonyl (C=O) groups excluding carboxylic acids is 1. The van der Waals surface area contributed by atoms with Crippen molar-refractivity contribution < 1.29 is 24.5 Å². The summed E-state index contributed by atoms with van der Waals surface area (Å²) in [5.74, 6) is -0.0325. The number of hydrazine groups is 1. The van der Waals surface area contributed by atoms with Crippen LogP contribution in [0.2, 0.25) is 0 Å². The first-order valence-electron chi connectivity index (χ1n) is 13.0. The third-order valence-corrected chi connectivity index (χ3v) is 7.79. The van der Waals surface area contributed by atoms with Crippen LogP contribution in [0.25, 0.3) is 0 Å². The van der Waals surface area contributed by atoms with Crippen molar-refractivity contribution in [3.05, 3.63) is 118 Å². The maximum atomic E-state index is 13.4. The maximum Gasteiger partial charge on any atom is 0.422 e. The molecule has 39 heavy (non-hydrogen) atoms. The van der Waals surface area contributed by atoms with Gasteiger partial charge < -0.3 is 14.9 Å². The van der Waals surface area contributed by atoms with Gasteiger partial charge >= 0.3 is 12.1 Å². The van der Waals surface area contributed by atoms with Gasteiger partial charge in [0.15, 0.2) is 5.60 Å². The van der Waals surface area contributed by atoms with Gasteiger partial charge in [-0.05, 0) is 37.0 Å². The number of aliphatic hydroxyl groups excluding tert-OH is 1. The van der Waals surface area contributed by atoms with Crippen LogP contribution in [0.4, 0.5) is 4.79 Å². The summed E-state index contributed by atoms with van der Waals surface area (Å²) in [6.07, 6.45) is -0.332. The zero-order valence-corrected chi connectivity index (χ0v) is 23.0. The lowest BCUT2D eigenvalue weighted by Gasteiger charge is -2.44. The van der Waals surface area contributed by atoms with Gasteiger partial charge in [-0.1, -0.05) is 91.0 Å². The number of benzene rings is 3. The second-order valence-corrected chi connectivity index (χ2v) is 10.9. The molecule has 204 valence electrons. The lowest BCUT2D eigenvalue weighted by molar-refractivity contribution is -0.170. The summed E-state index contributed by atoms with van der Waals surface area (Å²) in [6, 6.07) is 28.3. The van der Waals surface area contributed by atoms with Crippen LogP contribution in [0.3, 0.4) is 0 Å². The number of aliphatic hydroxyl groups is 1. The number of ether oxygens (including phenoxy) is 1. The number of cyclic esters (lactones) is 1. The summed E-state index contributed by atoms with van der Waals surface area (Å²) in [7, 11) is 0. The monoisotopic (exact) mass is 546 g/mol. The number of amides is 1. The molecule has 0 spiro atoms. The number of carboxylic acid groups (broad SMARTS) is 1. The van der Waals surface area contributed by atoms with Crippen molar-refractivity contribution >= 4 is 23.8 Å². The Morgan fingerprint density at radius 2 is 1.51 bits per heavy atom. The molecule has 7 nitrogen and oxygen atoms in total. The summed E-state index contributed by atoms with van der Waals surface area (Å²) in [4.78, 5) is 26.0. The van der Waals surface area contributed by atoms with Crippen LogP contribution in [0.15, 0.2) is 102 Å². The van der Waals surface area contributed by atoms with Crippen LogP contribution in [-0.2, 0) is 28.1 Å². The number of hydrogen-bond acceptors (Lipinski definition) is 6. The molecule has 3 aromatic carbocycles. The highest BCUT2D eigenvalue weighted by Gasteiger charge is 2.46. The van der Waals surface area contributed by atoms with Crippen LogP contribution in [-0.4, -0.2) is 50.6 Å². The highest BCUT2D eigenvalue weighted by Crippen LogP contribution is 2.42. The molecule has 1 atom stereocenters. The molecule has 0 bridgehead atoms. The van der Waals surface area contributed by atoms with E-state index in [-0.39, 0.29) is 36.2 Å². The highest BCUT2D eigenvalue weighted by molar-refractivity contribution is 8.04. The zero-order valence-electron chi connectivity index (χ0n) is 22.2. The van der Waals surface area contributed by atoms with Gasteiger partial charge in [0.2, 0.25) is 0 Å². The molecule has 0 aromatic heterocycles. The Hall–Kier alpha value is -3.75. The van der Waals surface area contributed by atoms with Crippen molar-refractivity contribution in [3.63, 3.8) is 0 Å². The maximum absolute atomic E-state index is 13.4. The zero-order chi connectivity index (χ0) is 27.8. The first-order chi connectivity index (χ1) is 18.8. The number of nitrogens with zero attached hydrogens (tertiary/aromatic N) is 2. The smallest absolute Gasteiger partial charge is 0.422 e. The molecular formula is C31H34N2O5S. The number of hydrogen-bond donors (Lipinski definition) is 2. The predicted molar refractivity (Wildman–Crippen MR) is 153 cm³/mol. The number of rotatable bonds is 11. The minimum atomic E-state index is -1.28. The largest absolute Gasteiger partial charge is 0.511 e. The van der Waals surface area contributed by atoms with E-state index in [9.17, 15) is 19.8 Å². The van der Waals surface area contributed by atoms with Gasteiger partial charge in [-0.25, -0.2) is 19.6 Å². The van der Waals surface area contributed by atoms with Gasteiger partial charge in [0.1, 0.15) is 10.7 Å². The average molecular weight is 547 g/mol. The van der Waals surface area contributed by atoms with Crippen LogP contribution in [0.5, 0.6) is 0 Å². The van der Waals surface area contributed by atoms with Crippen molar-refractivity contribution in [2.45, 2.75) is 44.9 Å². The molecular weight excluding hydrogens is 512 g/mol. The standard InChI is InChI=1S/C31H34N2O5S/c1-23(2)33(32(30(36)37)21-25-14-8-4-9-15-25)22-31(26-16-10-5-11-17-26)20-27(34)28(29(35)38-31)39-19-18-24-12-6-3-7-13-24/h3-17,23,34H,18-22H2,1-2H3,(H,36,37). The molecule has 1 aliphatic heterocycles. The van der Waals surface area contributed by atoms with E-state index in [0.29, 0.717) is 11.3 Å². The number of thioether (sulfide) groups is 1. The van der Waals surface area contributed by atoms with E-state index in [0.717, 1.165) is 17.5 Å². The SMILES string of the molecule is CC(C)N(CC1(c2ccccc2)CC(O)=C(SCCc2ccccc2)C(=O)O1)N(Cc1ccccc1)C(=O)O. The van der Waals surface area contributed by atoms with E-state index in [1.54, 1.807) is 5.01 Å². The Balaban J connectivity index is 1.62. The Labute approximate surface area is 233 Å². The highest BCUT2D eigenvalue weighted by atomic mass is 32.2. The lowest BCUT2D eigenvalue weighted by Crippen LogP contribution is -2.56. The van der Waals surface area contributed by atoms with E-state index in [4.69, 9.17) is 4.74 Å². The van der Waals surface area contributed by atoms with Crippen LogP contribution >= 0.6 is 11.8 Å². The van der Waals surface area contributed by atoms with Crippen molar-refractivity contribution in [2.75, 3.05) is 12.3 Å². The molecule has 4 rings (SSSR count). The molecule has 1 aliphatic rings. The van der Waals surface area contributed by atoms with E-state index in [1.165, 1.54) is 16.8 Å². The van der Waals surface area contributed by atoms with Gasteiger partial charge in [0.05, 0.1) is 19.5 Å². The summed E-state index contributed by atoms with van der Waals surface area (Å²) in [6.45, 7) is 3.97. The molecule has 1 amide bonds. The molecule has 8 heteroatoms. The third-order valence-electron chi connectivity index (χ3n) is 6.69. The van der Waals surface area contributed by atoms with E-state index in [1.807, 2.05) is 105 Å². The minimum Gasteiger partial charge on any atom is -0.511 e. The van der Waals surface area contributed by atoms with Gasteiger partial charge in [-0.2, -0.15) is 0 Å². The molecule has 2 N–H and O–H groups in total. The molecule has 1 heterocycles. The fourth-order valence-electron chi connectivity index (χ4n) is 4.70. The van der Waals surface area contributed by atoms with E-state index in [2.05, 4.69) is 0 Å². The summed E-state index contributed by atoms with van der Waals surface area (Å²) in [5, 5.41) is 24.3. The molecule has 0 fully saturated rings. The normalized spacial score (nSPS) is 17.4. The molecule has 0 aliphatic carbocycles. The molecule has 1 unspecified atom stereocenters. The molecule has 3 aromatic rings. The first-order valence-corrected chi connectivity index (χ1v) is 14.0. The van der Waals surface area contributed by atoms with Gasteiger partial charge in [0, 0.05) is 11.8 Å². The Morgan fingerprint density at radius 1 is 0.949 bits per heavy atom. The first kappa shape index (κ1) is 28.3. The second kappa shape index (κ2) is 12.9. The van der Waals surface area contributed by atoms with Crippen LogP contribution in [0, 0.1) is 0 Å². The quantitative estimate of drug-likeness (QED) is 0.213. The summed E-state index contributed by atoms with van der Waals surface area (Å²) >= 11 is 1.28. The summed E-state index contributed by atoms with van der Waals surface area (Å²) < 4.78 is 6.17. The fraction of sp³-hybridized carbons (Fsp3) is 0.290. The van der Waals surface area contributed by atoms with Crippen molar-refractivity contribution in [1.29, 1.82) is 0 Å². The Bertz CT molecular complexity index is 1280. The number of esters is 1. The van der Waals surface area contributed by atoms with E-state index >= 15 is 0 Å². The summed E-state index contributed by atoms with van der Waals surface area (Å²) in [5.41, 5.74) is 1.39. The van der Waals surface area contributed by atoms with Crippen LogP contribution < -0.4 is 0 Å². The third kappa shape index (κ3) is 7.02. The molecule has 0 saturated heterocycles. The Morgan fingerprint density at radius 3 is 2.05 bits per heavy atom. The number of aryl methyl sites for hydroxylation is 1. The van der Waals surface area contributed by atoms with Crippen LogP contribution in [0.1, 0.15) is 37.0 Å². The molecule has 0 radical (unpaired) electrons. The van der Waals surface area contributed by atoms with Gasteiger partial charge in [0.25, 0.3) is 0 Å². The van der Waals surface area contributed by atoms with Crippen molar-refractivity contribution in [1.82, 2.24) is 10.0 Å². The fourth-order valence-corrected chi connectivity index (χ4v) is 5.64. The number of carbonyl (C=O) groups is 2. The van der Waals surface area contributed by atoms with Crippen molar-refractivity contribution in [3.8, 4) is 0 Å². The second-order valence-electron chi connectivity index (χ2n) is 9.80. The van der Waals surface area contributed by atoms with Gasteiger partial charge in [-0.3, -0.25) is 0 Å². The lowest BCUT2D eigenvalue weighted by atomic mass is 9.87. The molecule has 0 saturated carbocycles. The topological polar surface area (TPSA) is 90.3 Å².